The summed E-state index contributed by atoms with van der Waals surface area (Å²) in [6, 6.07) is 9.68. The van der Waals surface area contributed by atoms with Crippen molar-refractivity contribution in [2.24, 2.45) is 0 Å². The highest BCUT2D eigenvalue weighted by Crippen LogP contribution is 2.44. The predicted octanol–water partition coefficient (Wildman–Crippen LogP) is 9.62. The zero-order valence-electron chi connectivity index (χ0n) is 27.6. The zero-order valence-corrected chi connectivity index (χ0v) is 27.6. The minimum absolute atomic E-state index is 0.176. The van der Waals surface area contributed by atoms with Crippen LogP contribution in [0, 0.1) is 0 Å². The molecule has 0 saturated carbocycles. The molecule has 2 unspecified atom stereocenters. The number of ether oxygens (including phenoxy) is 4. The Bertz CT molecular complexity index is 1000. The molecule has 0 radical (unpaired) electrons. The SMILES string of the molecule is CC(C)c1cc(C(C)(C)c2cc(C(C)C)c(OCCCC3CO3)c(C(C)C)c2)cc(C(C)C)c1OCCCC1CO1. The van der Waals surface area contributed by atoms with Crippen LogP contribution in [0.15, 0.2) is 24.3 Å². The first-order chi connectivity index (χ1) is 19.4. The molecular formula is C37H56O4. The van der Waals surface area contributed by atoms with E-state index in [9.17, 15) is 0 Å². The summed E-state index contributed by atoms with van der Waals surface area (Å²) in [4.78, 5) is 0. The van der Waals surface area contributed by atoms with E-state index < -0.39 is 0 Å². The van der Waals surface area contributed by atoms with Crippen molar-refractivity contribution < 1.29 is 18.9 Å². The van der Waals surface area contributed by atoms with E-state index in [1.165, 1.54) is 33.4 Å². The topological polar surface area (TPSA) is 43.5 Å². The molecule has 2 heterocycles. The number of rotatable bonds is 16. The Kier molecular flexibility index (Phi) is 10.5. The monoisotopic (exact) mass is 564 g/mol. The van der Waals surface area contributed by atoms with Gasteiger partial charge in [0, 0.05) is 5.41 Å². The number of epoxide rings is 2. The summed E-state index contributed by atoms with van der Waals surface area (Å²) in [5, 5.41) is 0. The van der Waals surface area contributed by atoms with Crippen molar-refractivity contribution in [3.8, 4) is 11.5 Å². The standard InChI is InChI=1S/C37H56O4/c1-23(2)31-17-27(18-32(24(3)4)35(31)38-15-11-13-29-21-40-29)37(9,10)28-19-33(25(5)6)36(34(20-28)26(7)8)39-16-12-14-30-22-41-30/h17-20,23-26,29-30H,11-16,21-22H2,1-10H3. The van der Waals surface area contributed by atoms with Gasteiger partial charge in [-0.3, -0.25) is 0 Å². The third-order valence-corrected chi connectivity index (χ3v) is 8.86. The number of hydrogen-bond donors (Lipinski definition) is 0. The first kappa shape index (κ1) is 31.9. The lowest BCUT2D eigenvalue weighted by Crippen LogP contribution is -2.22. The molecule has 2 aliphatic heterocycles. The molecule has 2 fully saturated rings. The molecule has 2 aliphatic rings. The molecule has 2 aromatic carbocycles. The van der Waals surface area contributed by atoms with Crippen LogP contribution in [0.2, 0.25) is 0 Å². The largest absolute Gasteiger partial charge is 0.493 e. The Balaban J connectivity index is 1.70. The maximum atomic E-state index is 6.54. The second-order valence-electron chi connectivity index (χ2n) is 14.1. The molecule has 4 nitrogen and oxygen atoms in total. The van der Waals surface area contributed by atoms with Crippen LogP contribution < -0.4 is 9.47 Å². The molecule has 0 bridgehead atoms. The van der Waals surface area contributed by atoms with Gasteiger partial charge >= 0.3 is 0 Å². The van der Waals surface area contributed by atoms with Gasteiger partial charge in [-0.15, -0.1) is 0 Å². The molecule has 228 valence electrons. The highest BCUT2D eigenvalue weighted by atomic mass is 16.6. The minimum Gasteiger partial charge on any atom is -0.493 e. The third-order valence-electron chi connectivity index (χ3n) is 8.86. The summed E-state index contributed by atoms with van der Waals surface area (Å²) < 4.78 is 23.9. The molecule has 0 amide bonds. The van der Waals surface area contributed by atoms with E-state index in [0.29, 0.717) is 35.9 Å². The van der Waals surface area contributed by atoms with Gasteiger partial charge in [-0.05, 0) is 82.7 Å². The van der Waals surface area contributed by atoms with E-state index in [1.807, 2.05) is 0 Å². The van der Waals surface area contributed by atoms with Crippen LogP contribution in [0.3, 0.4) is 0 Å². The van der Waals surface area contributed by atoms with Gasteiger partial charge in [-0.1, -0.05) is 93.5 Å². The molecule has 0 aromatic heterocycles. The average Bonchev–Trinajstić information content (AvgIpc) is 3.84. The molecule has 41 heavy (non-hydrogen) atoms. The van der Waals surface area contributed by atoms with Crippen LogP contribution in [-0.4, -0.2) is 38.6 Å². The molecule has 0 N–H and O–H groups in total. The van der Waals surface area contributed by atoms with E-state index in [0.717, 1.165) is 63.6 Å². The van der Waals surface area contributed by atoms with Crippen LogP contribution in [0.1, 0.15) is 152 Å². The first-order valence-corrected chi connectivity index (χ1v) is 16.3. The highest BCUT2D eigenvalue weighted by Gasteiger charge is 2.30. The summed E-state index contributed by atoms with van der Waals surface area (Å²) >= 11 is 0. The summed E-state index contributed by atoms with van der Waals surface area (Å²) in [6.07, 6.45) is 5.15. The Hall–Kier alpha value is -2.04. The van der Waals surface area contributed by atoms with E-state index in [-0.39, 0.29) is 5.41 Å². The molecule has 2 saturated heterocycles. The van der Waals surface area contributed by atoms with Crippen molar-refractivity contribution in [3.63, 3.8) is 0 Å². The van der Waals surface area contributed by atoms with Crippen LogP contribution in [0.5, 0.6) is 11.5 Å². The van der Waals surface area contributed by atoms with E-state index in [1.54, 1.807) is 0 Å². The fourth-order valence-corrected chi connectivity index (χ4v) is 5.73. The molecule has 4 heteroatoms. The lowest BCUT2D eigenvalue weighted by Gasteiger charge is -2.32. The van der Waals surface area contributed by atoms with Gasteiger partial charge in [-0.2, -0.15) is 0 Å². The van der Waals surface area contributed by atoms with Crippen molar-refractivity contribution in [2.75, 3.05) is 26.4 Å². The molecule has 2 aromatic rings. The van der Waals surface area contributed by atoms with Crippen LogP contribution >= 0.6 is 0 Å². The maximum absolute atomic E-state index is 6.54. The van der Waals surface area contributed by atoms with Crippen LogP contribution in [0.4, 0.5) is 0 Å². The summed E-state index contributed by atoms with van der Waals surface area (Å²) in [5.41, 5.74) is 7.79. The van der Waals surface area contributed by atoms with Crippen LogP contribution in [0.25, 0.3) is 0 Å². The Labute approximate surface area is 250 Å². The van der Waals surface area contributed by atoms with Crippen molar-refractivity contribution >= 4 is 0 Å². The molecule has 0 aliphatic carbocycles. The van der Waals surface area contributed by atoms with E-state index >= 15 is 0 Å². The van der Waals surface area contributed by atoms with Crippen molar-refractivity contribution in [1.29, 1.82) is 0 Å². The summed E-state index contributed by atoms with van der Waals surface area (Å²) in [5.74, 6) is 3.69. The molecule has 0 spiro atoms. The van der Waals surface area contributed by atoms with Gasteiger partial charge in [0.15, 0.2) is 0 Å². The van der Waals surface area contributed by atoms with Gasteiger partial charge in [0.25, 0.3) is 0 Å². The Morgan fingerprint density at radius 3 is 1.15 bits per heavy atom. The highest BCUT2D eigenvalue weighted by molar-refractivity contribution is 5.55. The second-order valence-corrected chi connectivity index (χ2v) is 14.1. The number of hydrogen-bond acceptors (Lipinski definition) is 4. The predicted molar refractivity (Wildman–Crippen MR) is 170 cm³/mol. The van der Waals surface area contributed by atoms with Crippen LogP contribution in [-0.2, 0) is 14.9 Å². The van der Waals surface area contributed by atoms with E-state index in [2.05, 4.69) is 93.5 Å². The number of benzene rings is 2. The first-order valence-electron chi connectivity index (χ1n) is 16.3. The minimum atomic E-state index is -0.176. The van der Waals surface area contributed by atoms with Gasteiger partial charge in [0.1, 0.15) is 11.5 Å². The molecule has 4 rings (SSSR count). The molecule has 2 atom stereocenters. The molecular weight excluding hydrogens is 508 g/mol. The Morgan fingerprint density at radius 2 is 0.902 bits per heavy atom. The average molecular weight is 565 g/mol. The fraction of sp³-hybridized carbons (Fsp3) is 0.676. The Morgan fingerprint density at radius 1 is 0.610 bits per heavy atom. The van der Waals surface area contributed by atoms with E-state index in [4.69, 9.17) is 18.9 Å². The van der Waals surface area contributed by atoms with Gasteiger partial charge in [0.2, 0.25) is 0 Å². The van der Waals surface area contributed by atoms with Gasteiger partial charge in [0.05, 0.1) is 38.6 Å². The fourth-order valence-electron chi connectivity index (χ4n) is 5.73. The van der Waals surface area contributed by atoms with Crippen molar-refractivity contribution in [2.45, 2.75) is 136 Å². The van der Waals surface area contributed by atoms with Gasteiger partial charge < -0.3 is 18.9 Å². The normalized spacial score (nSPS) is 18.6. The van der Waals surface area contributed by atoms with Crippen molar-refractivity contribution in [1.82, 2.24) is 0 Å². The van der Waals surface area contributed by atoms with Crippen molar-refractivity contribution in [3.05, 3.63) is 57.6 Å². The summed E-state index contributed by atoms with van der Waals surface area (Å²) in [6.45, 7) is 26.4. The summed E-state index contributed by atoms with van der Waals surface area (Å²) in [7, 11) is 0. The maximum Gasteiger partial charge on any atom is 0.126 e. The quantitative estimate of drug-likeness (QED) is 0.150. The second kappa shape index (κ2) is 13.5. The smallest absolute Gasteiger partial charge is 0.126 e. The lowest BCUT2D eigenvalue weighted by molar-refractivity contribution is 0.286. The zero-order chi connectivity index (χ0) is 29.9. The third kappa shape index (κ3) is 8.08. The lowest BCUT2D eigenvalue weighted by atomic mass is 9.73. The van der Waals surface area contributed by atoms with Gasteiger partial charge in [-0.25, -0.2) is 0 Å².